The SMILES string of the molecule is O=C(Nc1nnc(S(=O)(=O)NC2CCCCC2)s1)c1ccc(Cl)cc1. The third-order valence-corrected chi connectivity index (χ3v) is 6.87. The molecule has 7 nitrogen and oxygen atoms in total. The van der Waals surface area contributed by atoms with Crippen LogP contribution in [0.15, 0.2) is 28.6 Å². The van der Waals surface area contributed by atoms with Crippen LogP contribution < -0.4 is 10.0 Å². The molecule has 1 aromatic heterocycles. The fourth-order valence-corrected chi connectivity index (χ4v) is 4.97. The number of anilines is 1. The number of halogens is 1. The first-order valence-corrected chi connectivity index (χ1v) is 10.5. The summed E-state index contributed by atoms with van der Waals surface area (Å²) in [5.74, 6) is -0.406. The number of benzene rings is 1. The number of hydrogen-bond acceptors (Lipinski definition) is 6. The van der Waals surface area contributed by atoms with Crippen molar-refractivity contribution in [1.29, 1.82) is 0 Å². The van der Waals surface area contributed by atoms with Gasteiger partial charge in [0.2, 0.25) is 9.47 Å². The fraction of sp³-hybridized carbons (Fsp3) is 0.400. The van der Waals surface area contributed by atoms with Crippen LogP contribution in [0.1, 0.15) is 42.5 Å². The second-order valence-electron chi connectivity index (χ2n) is 5.79. The first-order chi connectivity index (χ1) is 11.9. The number of carbonyl (C=O) groups is 1. The maximum Gasteiger partial charge on any atom is 0.270 e. The lowest BCUT2D eigenvalue weighted by molar-refractivity contribution is 0.102. The molecule has 2 N–H and O–H groups in total. The van der Waals surface area contributed by atoms with Gasteiger partial charge in [0.05, 0.1) is 0 Å². The van der Waals surface area contributed by atoms with Crippen molar-refractivity contribution < 1.29 is 13.2 Å². The van der Waals surface area contributed by atoms with E-state index in [4.69, 9.17) is 11.6 Å². The van der Waals surface area contributed by atoms with Crippen molar-refractivity contribution in [2.45, 2.75) is 42.5 Å². The Balaban J connectivity index is 1.66. The first kappa shape index (κ1) is 18.2. The molecule has 2 aromatic rings. The van der Waals surface area contributed by atoms with Gasteiger partial charge in [0.15, 0.2) is 0 Å². The predicted octanol–water partition coefficient (Wildman–Crippen LogP) is 3.05. The second-order valence-corrected chi connectivity index (χ2v) is 9.09. The predicted molar refractivity (Wildman–Crippen MR) is 96.5 cm³/mol. The molecule has 25 heavy (non-hydrogen) atoms. The van der Waals surface area contributed by atoms with Gasteiger partial charge in [-0.3, -0.25) is 10.1 Å². The van der Waals surface area contributed by atoms with Crippen LogP contribution >= 0.6 is 22.9 Å². The van der Waals surface area contributed by atoms with Gasteiger partial charge in [-0.15, -0.1) is 10.2 Å². The minimum absolute atomic E-state index is 0.0604. The average molecular weight is 401 g/mol. The zero-order valence-corrected chi connectivity index (χ0v) is 15.6. The highest BCUT2D eigenvalue weighted by molar-refractivity contribution is 7.91. The molecule has 1 aliphatic carbocycles. The van der Waals surface area contributed by atoms with Crippen molar-refractivity contribution in [2.75, 3.05) is 5.32 Å². The van der Waals surface area contributed by atoms with E-state index in [0.717, 1.165) is 43.4 Å². The van der Waals surface area contributed by atoms with E-state index in [-0.39, 0.29) is 15.5 Å². The van der Waals surface area contributed by atoms with Crippen LogP contribution in [0.25, 0.3) is 0 Å². The van der Waals surface area contributed by atoms with E-state index in [1.54, 1.807) is 24.3 Å². The second kappa shape index (κ2) is 7.77. The van der Waals surface area contributed by atoms with Gasteiger partial charge in [-0.2, -0.15) is 0 Å². The standard InChI is InChI=1S/C15H17ClN4O3S2/c16-11-8-6-10(7-9-11)13(21)17-14-18-19-15(24-14)25(22,23)20-12-4-2-1-3-5-12/h6-9,12,20H,1-5H2,(H,17,18,21). The number of carbonyl (C=O) groups excluding carboxylic acids is 1. The van der Waals surface area contributed by atoms with Crippen molar-refractivity contribution in [3.8, 4) is 0 Å². The average Bonchev–Trinajstić information content (AvgIpc) is 3.05. The normalized spacial score (nSPS) is 15.9. The van der Waals surface area contributed by atoms with Crippen molar-refractivity contribution in [3.63, 3.8) is 0 Å². The Kier molecular flexibility index (Phi) is 5.67. The lowest BCUT2D eigenvalue weighted by atomic mass is 9.96. The topological polar surface area (TPSA) is 101 Å². The van der Waals surface area contributed by atoms with Gasteiger partial charge >= 0.3 is 0 Å². The Morgan fingerprint density at radius 3 is 2.48 bits per heavy atom. The molecule has 1 fully saturated rings. The van der Waals surface area contributed by atoms with Crippen LogP contribution in [0.4, 0.5) is 5.13 Å². The quantitative estimate of drug-likeness (QED) is 0.751. The maximum atomic E-state index is 12.4. The number of rotatable bonds is 5. The van der Waals surface area contributed by atoms with E-state index in [1.807, 2.05) is 0 Å². The van der Waals surface area contributed by atoms with Gasteiger partial charge in [-0.25, -0.2) is 13.1 Å². The van der Waals surface area contributed by atoms with E-state index in [9.17, 15) is 13.2 Å². The molecule has 0 saturated heterocycles. The number of amides is 1. The first-order valence-electron chi connectivity index (χ1n) is 7.87. The molecule has 0 spiro atoms. The Labute approximate surface area is 154 Å². The zero-order valence-electron chi connectivity index (χ0n) is 13.2. The molecule has 1 heterocycles. The Morgan fingerprint density at radius 1 is 1.12 bits per heavy atom. The summed E-state index contributed by atoms with van der Waals surface area (Å²) in [6, 6.07) is 6.28. The Bertz CT molecular complexity index is 846. The molecular weight excluding hydrogens is 384 g/mol. The molecular formula is C15H17ClN4O3S2. The maximum absolute atomic E-state index is 12.4. The Morgan fingerprint density at radius 2 is 1.80 bits per heavy atom. The lowest BCUT2D eigenvalue weighted by Crippen LogP contribution is -2.36. The van der Waals surface area contributed by atoms with Crippen LogP contribution in [-0.4, -0.2) is 30.6 Å². The summed E-state index contributed by atoms with van der Waals surface area (Å²) < 4.78 is 27.3. The number of nitrogens with one attached hydrogen (secondary N) is 2. The van der Waals surface area contributed by atoms with Gasteiger partial charge in [-0.05, 0) is 37.1 Å². The largest absolute Gasteiger partial charge is 0.296 e. The van der Waals surface area contributed by atoms with Gasteiger partial charge in [0, 0.05) is 16.6 Å². The summed E-state index contributed by atoms with van der Waals surface area (Å²) in [4.78, 5) is 12.1. The molecule has 1 aliphatic rings. The minimum Gasteiger partial charge on any atom is -0.296 e. The van der Waals surface area contributed by atoms with Gasteiger partial charge in [0.25, 0.3) is 15.9 Å². The van der Waals surface area contributed by atoms with Gasteiger partial charge in [-0.1, -0.05) is 42.2 Å². The molecule has 3 rings (SSSR count). The van der Waals surface area contributed by atoms with E-state index < -0.39 is 15.9 Å². The van der Waals surface area contributed by atoms with Crippen LogP contribution in [-0.2, 0) is 10.0 Å². The molecule has 0 radical (unpaired) electrons. The summed E-state index contributed by atoms with van der Waals surface area (Å²) in [5, 5.41) is 10.6. The zero-order chi connectivity index (χ0) is 17.9. The molecule has 10 heteroatoms. The lowest BCUT2D eigenvalue weighted by Gasteiger charge is -2.21. The van der Waals surface area contributed by atoms with Crippen LogP contribution in [0.3, 0.4) is 0 Å². The van der Waals surface area contributed by atoms with Gasteiger partial charge in [0.1, 0.15) is 0 Å². The smallest absolute Gasteiger partial charge is 0.270 e. The van der Waals surface area contributed by atoms with Crippen molar-refractivity contribution in [1.82, 2.24) is 14.9 Å². The van der Waals surface area contributed by atoms with E-state index in [1.165, 1.54) is 0 Å². The summed E-state index contributed by atoms with van der Waals surface area (Å²) in [6.45, 7) is 0. The fourth-order valence-electron chi connectivity index (χ4n) is 2.63. The summed E-state index contributed by atoms with van der Waals surface area (Å²) >= 11 is 6.61. The van der Waals surface area contributed by atoms with E-state index in [0.29, 0.717) is 10.6 Å². The molecule has 0 atom stereocenters. The molecule has 0 unspecified atom stereocenters. The highest BCUT2D eigenvalue weighted by atomic mass is 35.5. The monoisotopic (exact) mass is 400 g/mol. The third kappa shape index (κ3) is 4.75. The number of sulfonamides is 1. The molecule has 0 aliphatic heterocycles. The highest BCUT2D eigenvalue weighted by Gasteiger charge is 2.25. The summed E-state index contributed by atoms with van der Waals surface area (Å²) in [6.07, 6.45) is 4.84. The van der Waals surface area contributed by atoms with Crippen LogP contribution in [0, 0.1) is 0 Å². The van der Waals surface area contributed by atoms with Crippen LogP contribution in [0.5, 0.6) is 0 Å². The number of aromatic nitrogens is 2. The molecule has 1 aromatic carbocycles. The van der Waals surface area contributed by atoms with Crippen molar-refractivity contribution >= 4 is 44.0 Å². The third-order valence-electron chi connectivity index (χ3n) is 3.89. The number of nitrogens with zero attached hydrogens (tertiary/aromatic N) is 2. The summed E-state index contributed by atoms with van der Waals surface area (Å²) in [5.41, 5.74) is 0.393. The highest BCUT2D eigenvalue weighted by Crippen LogP contribution is 2.23. The Hall–Kier alpha value is -1.55. The van der Waals surface area contributed by atoms with Gasteiger partial charge < -0.3 is 0 Å². The van der Waals surface area contributed by atoms with E-state index in [2.05, 4.69) is 20.2 Å². The molecule has 1 saturated carbocycles. The summed E-state index contributed by atoms with van der Waals surface area (Å²) in [7, 11) is -3.72. The van der Waals surface area contributed by atoms with Crippen molar-refractivity contribution in [3.05, 3.63) is 34.9 Å². The molecule has 134 valence electrons. The number of hydrogen-bond donors (Lipinski definition) is 2. The minimum atomic E-state index is -3.72. The van der Waals surface area contributed by atoms with E-state index >= 15 is 0 Å². The molecule has 1 amide bonds. The molecule has 0 bridgehead atoms. The van der Waals surface area contributed by atoms with Crippen molar-refractivity contribution in [2.24, 2.45) is 0 Å². The van der Waals surface area contributed by atoms with Crippen LogP contribution in [0.2, 0.25) is 5.02 Å².